The van der Waals surface area contributed by atoms with Crippen LogP contribution in [-0.4, -0.2) is 41.5 Å². The summed E-state index contributed by atoms with van der Waals surface area (Å²) in [5, 5.41) is 0. The van der Waals surface area contributed by atoms with Gasteiger partial charge in [-0.15, -0.1) is 0 Å². The molecule has 0 unspecified atom stereocenters. The van der Waals surface area contributed by atoms with Gasteiger partial charge in [-0.25, -0.2) is 0 Å². The van der Waals surface area contributed by atoms with E-state index in [-0.39, 0.29) is 23.9 Å². The Balaban J connectivity index is 1.75. The molecule has 6 heteroatoms. The van der Waals surface area contributed by atoms with E-state index in [1.165, 1.54) is 4.90 Å². The summed E-state index contributed by atoms with van der Waals surface area (Å²) in [6.07, 6.45) is 2.03. The van der Waals surface area contributed by atoms with E-state index in [1.54, 1.807) is 54.3 Å². The monoisotopic (exact) mass is 326 g/mol. The molecule has 1 aromatic carbocycles. The van der Waals surface area contributed by atoms with Gasteiger partial charge in [0.2, 0.25) is 0 Å². The first-order valence-electron chi connectivity index (χ1n) is 7.76. The molecule has 2 heterocycles. The minimum atomic E-state index is -0.300. The highest BCUT2D eigenvalue weighted by molar-refractivity contribution is 6.21. The quantitative estimate of drug-likeness (QED) is 0.751. The molecule has 6 nitrogen and oxygen atoms in total. The lowest BCUT2D eigenvalue weighted by Crippen LogP contribution is -2.33. The third-order valence-electron chi connectivity index (χ3n) is 4.12. The van der Waals surface area contributed by atoms with E-state index in [9.17, 15) is 14.4 Å². The van der Waals surface area contributed by atoms with Crippen LogP contribution in [0.15, 0.2) is 47.4 Å². The van der Waals surface area contributed by atoms with Gasteiger partial charge < -0.3 is 9.30 Å². The van der Waals surface area contributed by atoms with E-state index in [2.05, 4.69) is 0 Å². The van der Waals surface area contributed by atoms with Crippen LogP contribution >= 0.6 is 0 Å². The molecule has 1 aliphatic heterocycles. The fourth-order valence-corrected chi connectivity index (χ4v) is 2.82. The Labute approximate surface area is 139 Å². The predicted molar refractivity (Wildman–Crippen MR) is 88.1 cm³/mol. The van der Waals surface area contributed by atoms with E-state index < -0.39 is 0 Å². The first kappa shape index (κ1) is 16.1. The van der Waals surface area contributed by atoms with Crippen LogP contribution in [-0.2, 0) is 17.7 Å². The molecule has 0 atom stereocenters. The smallest absolute Gasteiger partial charge is 0.261 e. The molecule has 0 saturated heterocycles. The highest BCUT2D eigenvalue weighted by Gasteiger charge is 2.34. The molecule has 2 amide bonds. The van der Waals surface area contributed by atoms with Gasteiger partial charge in [-0.3, -0.25) is 19.3 Å². The second kappa shape index (κ2) is 6.80. The number of ether oxygens (including phenoxy) is 1. The number of benzene rings is 1. The van der Waals surface area contributed by atoms with Crippen LogP contribution in [0.4, 0.5) is 0 Å². The summed E-state index contributed by atoms with van der Waals surface area (Å²) in [5.41, 5.74) is 1.30. The summed E-state index contributed by atoms with van der Waals surface area (Å²) in [5.74, 6) is -0.600. The Morgan fingerprint density at radius 3 is 2.21 bits per heavy atom. The minimum Gasteiger partial charge on any atom is -0.383 e. The van der Waals surface area contributed by atoms with E-state index in [0.717, 1.165) is 0 Å². The van der Waals surface area contributed by atoms with Gasteiger partial charge in [-0.05, 0) is 24.6 Å². The zero-order valence-electron chi connectivity index (χ0n) is 13.4. The molecule has 0 saturated carbocycles. The number of hydrogen-bond acceptors (Lipinski definition) is 4. The van der Waals surface area contributed by atoms with Gasteiger partial charge in [0, 0.05) is 32.0 Å². The molecule has 2 aromatic rings. The number of hydrogen-bond donors (Lipinski definition) is 0. The summed E-state index contributed by atoms with van der Waals surface area (Å²) in [7, 11) is 1.58. The molecule has 0 radical (unpaired) electrons. The number of nitrogens with zero attached hydrogens (tertiary/aromatic N) is 2. The van der Waals surface area contributed by atoms with Crippen molar-refractivity contribution in [1.82, 2.24) is 9.47 Å². The normalized spacial score (nSPS) is 13.5. The first-order chi connectivity index (χ1) is 11.6. The van der Waals surface area contributed by atoms with Crippen molar-refractivity contribution in [3.05, 3.63) is 69.6 Å². The van der Waals surface area contributed by atoms with Crippen LogP contribution in [0.2, 0.25) is 0 Å². The number of pyridine rings is 1. The standard InChI is InChI=1S/C18H18N2O4/c1-24-12-11-19-9-4-5-13(16(19)21)8-10-20-17(22)14-6-2-3-7-15(14)18(20)23/h2-7,9H,8,10-12H2,1H3. The number of methoxy groups -OCH3 is 1. The summed E-state index contributed by atoms with van der Waals surface area (Å²) in [4.78, 5) is 38.2. The van der Waals surface area contributed by atoms with Crippen molar-refractivity contribution in [1.29, 1.82) is 0 Å². The lowest BCUT2D eigenvalue weighted by molar-refractivity contribution is 0.0656. The Morgan fingerprint density at radius 2 is 1.58 bits per heavy atom. The number of fused-ring (bicyclic) bond motifs is 1. The molecule has 1 aromatic heterocycles. The fourth-order valence-electron chi connectivity index (χ4n) is 2.82. The Kier molecular flexibility index (Phi) is 4.57. The second-order valence-electron chi connectivity index (χ2n) is 5.58. The molecule has 3 rings (SSSR count). The van der Waals surface area contributed by atoms with Crippen LogP contribution in [0.1, 0.15) is 26.3 Å². The highest BCUT2D eigenvalue weighted by atomic mass is 16.5. The summed E-state index contributed by atoms with van der Waals surface area (Å²) < 4.78 is 6.56. The summed E-state index contributed by atoms with van der Waals surface area (Å²) in [6.45, 7) is 1.10. The topological polar surface area (TPSA) is 68.6 Å². The highest BCUT2D eigenvalue weighted by Crippen LogP contribution is 2.22. The van der Waals surface area contributed by atoms with Crippen molar-refractivity contribution in [3.63, 3.8) is 0 Å². The van der Waals surface area contributed by atoms with Gasteiger partial charge in [-0.1, -0.05) is 18.2 Å². The molecule has 0 aliphatic carbocycles. The van der Waals surface area contributed by atoms with Crippen molar-refractivity contribution in [2.45, 2.75) is 13.0 Å². The fraction of sp³-hybridized carbons (Fsp3) is 0.278. The van der Waals surface area contributed by atoms with Crippen LogP contribution in [0.3, 0.4) is 0 Å². The Bertz CT molecular complexity index is 806. The molecular formula is C18H18N2O4. The average molecular weight is 326 g/mol. The van der Waals surface area contributed by atoms with Crippen LogP contribution in [0.5, 0.6) is 0 Å². The van der Waals surface area contributed by atoms with E-state index in [4.69, 9.17) is 4.74 Å². The maximum absolute atomic E-state index is 12.4. The van der Waals surface area contributed by atoms with Crippen molar-refractivity contribution in [3.8, 4) is 0 Å². The number of imide groups is 1. The summed E-state index contributed by atoms with van der Waals surface area (Å²) in [6, 6.07) is 10.3. The second-order valence-corrected chi connectivity index (χ2v) is 5.58. The maximum atomic E-state index is 12.4. The van der Waals surface area contributed by atoms with Gasteiger partial charge in [0.15, 0.2) is 0 Å². The number of aromatic nitrogens is 1. The number of rotatable bonds is 6. The maximum Gasteiger partial charge on any atom is 0.261 e. The van der Waals surface area contributed by atoms with Crippen molar-refractivity contribution in [2.24, 2.45) is 0 Å². The zero-order valence-corrected chi connectivity index (χ0v) is 13.4. The number of amides is 2. The summed E-state index contributed by atoms with van der Waals surface area (Å²) >= 11 is 0. The van der Waals surface area contributed by atoms with Gasteiger partial charge in [0.25, 0.3) is 17.4 Å². The van der Waals surface area contributed by atoms with E-state index in [0.29, 0.717) is 36.3 Å². The number of carbonyl (C=O) groups excluding carboxylic acids is 2. The predicted octanol–water partition coefficient (Wildman–Crippen LogP) is 1.33. The minimum absolute atomic E-state index is 0.119. The SMILES string of the molecule is COCCn1cccc(CCN2C(=O)c3ccccc3C2=O)c1=O. The molecule has 0 spiro atoms. The van der Waals surface area contributed by atoms with Gasteiger partial charge in [0.1, 0.15) is 0 Å². The molecule has 0 fully saturated rings. The Morgan fingerprint density at radius 1 is 0.917 bits per heavy atom. The zero-order chi connectivity index (χ0) is 17.1. The molecule has 0 N–H and O–H groups in total. The lowest BCUT2D eigenvalue weighted by atomic mass is 10.1. The van der Waals surface area contributed by atoms with Crippen molar-refractivity contribution in [2.75, 3.05) is 20.3 Å². The third-order valence-corrected chi connectivity index (χ3v) is 4.12. The van der Waals surface area contributed by atoms with Crippen LogP contribution in [0.25, 0.3) is 0 Å². The first-order valence-corrected chi connectivity index (χ1v) is 7.76. The Hall–Kier alpha value is -2.73. The van der Waals surface area contributed by atoms with Crippen LogP contribution < -0.4 is 5.56 Å². The van der Waals surface area contributed by atoms with Crippen LogP contribution in [0, 0.1) is 0 Å². The molecule has 124 valence electrons. The molecule has 0 bridgehead atoms. The molecule has 24 heavy (non-hydrogen) atoms. The van der Waals surface area contributed by atoms with Crippen molar-refractivity contribution >= 4 is 11.8 Å². The van der Waals surface area contributed by atoms with Crippen molar-refractivity contribution < 1.29 is 14.3 Å². The number of carbonyl (C=O) groups is 2. The molecular weight excluding hydrogens is 308 g/mol. The largest absolute Gasteiger partial charge is 0.383 e. The molecule has 1 aliphatic rings. The van der Waals surface area contributed by atoms with Gasteiger partial charge in [-0.2, -0.15) is 0 Å². The van der Waals surface area contributed by atoms with E-state index >= 15 is 0 Å². The van der Waals surface area contributed by atoms with Gasteiger partial charge in [0.05, 0.1) is 17.7 Å². The average Bonchev–Trinajstić information content (AvgIpc) is 2.84. The van der Waals surface area contributed by atoms with Gasteiger partial charge >= 0.3 is 0 Å². The lowest BCUT2D eigenvalue weighted by Gasteiger charge is -2.14. The van der Waals surface area contributed by atoms with E-state index in [1.807, 2.05) is 0 Å². The third kappa shape index (κ3) is 2.88.